The van der Waals surface area contributed by atoms with E-state index in [0.29, 0.717) is 18.9 Å². The van der Waals surface area contributed by atoms with Gasteiger partial charge in [-0.2, -0.15) is 0 Å². The highest BCUT2D eigenvalue weighted by atomic mass is 16.7. The number of nitro benzene ring substituents is 1. The monoisotopic (exact) mass is 440 g/mol. The maximum Gasteiger partial charge on any atom is 0.519 e. The minimum absolute atomic E-state index is 0.00448. The van der Waals surface area contributed by atoms with Crippen LogP contribution in [0.1, 0.15) is 45.1 Å². The van der Waals surface area contributed by atoms with Crippen molar-refractivity contribution in [1.29, 1.82) is 0 Å². The zero-order chi connectivity index (χ0) is 23.3. The van der Waals surface area contributed by atoms with E-state index in [1.165, 1.54) is 24.3 Å². The van der Waals surface area contributed by atoms with Crippen LogP contribution in [0.4, 0.5) is 10.5 Å². The first kappa shape index (κ1) is 24.6. The molecule has 0 atom stereocenters. The molecule has 0 aliphatic rings. The number of ether oxygens (including phenoxy) is 2. The summed E-state index contributed by atoms with van der Waals surface area (Å²) >= 11 is 0. The molecule has 0 aromatic heterocycles. The number of hydrogen-bond donors (Lipinski definition) is 1. The van der Waals surface area contributed by atoms with Gasteiger partial charge in [0.2, 0.25) is 5.91 Å². The number of nitrogens with zero attached hydrogens (tertiary/aromatic N) is 1. The number of allylic oxidation sites excluding steroid dienone is 2. The van der Waals surface area contributed by atoms with Gasteiger partial charge in [0.15, 0.2) is 0 Å². The van der Waals surface area contributed by atoms with Gasteiger partial charge >= 0.3 is 6.16 Å². The number of rotatable bonds is 11. The topological polar surface area (TPSA) is 108 Å². The summed E-state index contributed by atoms with van der Waals surface area (Å²) in [5, 5.41) is 13.5. The number of benzene rings is 2. The van der Waals surface area contributed by atoms with Crippen molar-refractivity contribution < 1.29 is 24.0 Å². The molecule has 0 radical (unpaired) electrons. The molecule has 2 aromatic carbocycles. The van der Waals surface area contributed by atoms with Crippen molar-refractivity contribution in [3.63, 3.8) is 0 Å². The van der Waals surface area contributed by atoms with Crippen LogP contribution in [0, 0.1) is 16.0 Å². The molecule has 0 saturated carbocycles. The normalized spacial score (nSPS) is 10.8. The van der Waals surface area contributed by atoms with E-state index in [2.05, 4.69) is 31.3 Å². The number of carbonyl (C=O) groups excluding carboxylic acids is 2. The summed E-state index contributed by atoms with van der Waals surface area (Å²) in [4.78, 5) is 33.9. The lowest BCUT2D eigenvalue weighted by Crippen LogP contribution is -2.22. The highest BCUT2D eigenvalue weighted by Gasteiger charge is 2.10. The van der Waals surface area contributed by atoms with Crippen LogP contribution < -0.4 is 14.8 Å². The zero-order valence-electron chi connectivity index (χ0n) is 18.3. The largest absolute Gasteiger partial charge is 0.519 e. The molecule has 170 valence electrons. The predicted molar refractivity (Wildman–Crippen MR) is 120 cm³/mol. The van der Waals surface area contributed by atoms with Crippen LogP contribution in [0.3, 0.4) is 0 Å². The number of hydrogen-bond acceptors (Lipinski definition) is 6. The first-order valence-corrected chi connectivity index (χ1v) is 10.5. The minimum atomic E-state index is -0.955. The summed E-state index contributed by atoms with van der Waals surface area (Å²) in [5.41, 5.74) is 0.765. The number of non-ortho nitro benzene ring substituents is 1. The van der Waals surface area contributed by atoms with E-state index >= 15 is 0 Å². The van der Waals surface area contributed by atoms with Crippen molar-refractivity contribution in [2.75, 3.05) is 0 Å². The van der Waals surface area contributed by atoms with Crippen LogP contribution in [0.2, 0.25) is 0 Å². The minimum Gasteiger partial charge on any atom is -0.395 e. The highest BCUT2D eigenvalue weighted by Crippen LogP contribution is 2.19. The maximum atomic E-state index is 11.9. The lowest BCUT2D eigenvalue weighted by Gasteiger charge is -2.08. The van der Waals surface area contributed by atoms with Crippen LogP contribution in [0.15, 0.2) is 60.7 Å². The van der Waals surface area contributed by atoms with Crippen LogP contribution in [-0.4, -0.2) is 17.0 Å². The second-order valence-corrected chi connectivity index (χ2v) is 7.54. The molecule has 1 amide bonds. The van der Waals surface area contributed by atoms with E-state index in [1.54, 1.807) is 24.3 Å². The highest BCUT2D eigenvalue weighted by molar-refractivity contribution is 5.75. The molecule has 0 fully saturated rings. The molecule has 32 heavy (non-hydrogen) atoms. The Balaban J connectivity index is 1.69. The van der Waals surface area contributed by atoms with Gasteiger partial charge in [-0.3, -0.25) is 14.9 Å². The molecule has 0 bridgehead atoms. The molecule has 0 aliphatic heterocycles. The molecule has 2 rings (SSSR count). The third-order valence-electron chi connectivity index (χ3n) is 4.41. The van der Waals surface area contributed by atoms with Crippen LogP contribution >= 0.6 is 0 Å². The number of unbranched alkanes of at least 4 members (excludes halogenated alkanes) is 2. The Bertz CT molecular complexity index is 921. The van der Waals surface area contributed by atoms with Gasteiger partial charge in [0.25, 0.3) is 5.69 Å². The van der Waals surface area contributed by atoms with E-state index in [-0.39, 0.29) is 23.1 Å². The van der Waals surface area contributed by atoms with Crippen LogP contribution in [0.25, 0.3) is 0 Å². The quantitative estimate of drug-likeness (QED) is 0.122. The Kier molecular flexibility index (Phi) is 9.90. The van der Waals surface area contributed by atoms with Crippen molar-refractivity contribution in [3.8, 4) is 11.5 Å². The number of amides is 1. The molecule has 0 saturated heterocycles. The zero-order valence-corrected chi connectivity index (χ0v) is 18.3. The van der Waals surface area contributed by atoms with Gasteiger partial charge in [0.05, 0.1) is 4.92 Å². The predicted octanol–water partition coefficient (Wildman–Crippen LogP) is 5.56. The van der Waals surface area contributed by atoms with Gasteiger partial charge in [0.1, 0.15) is 11.5 Å². The molecular formula is C24H28N2O6. The third-order valence-corrected chi connectivity index (χ3v) is 4.41. The van der Waals surface area contributed by atoms with Crippen molar-refractivity contribution >= 4 is 17.7 Å². The maximum absolute atomic E-state index is 11.9. The van der Waals surface area contributed by atoms with Crippen molar-refractivity contribution in [3.05, 3.63) is 76.4 Å². The average Bonchev–Trinajstić information content (AvgIpc) is 2.75. The van der Waals surface area contributed by atoms with Crippen LogP contribution in [0.5, 0.6) is 11.5 Å². The third kappa shape index (κ3) is 9.42. The smallest absolute Gasteiger partial charge is 0.395 e. The molecule has 8 nitrogen and oxygen atoms in total. The fraction of sp³-hybridized carbons (Fsp3) is 0.333. The summed E-state index contributed by atoms with van der Waals surface area (Å²) in [5.74, 6) is 0.970. The Morgan fingerprint density at radius 1 is 1.00 bits per heavy atom. The van der Waals surface area contributed by atoms with E-state index in [9.17, 15) is 19.7 Å². The molecule has 8 heteroatoms. The lowest BCUT2D eigenvalue weighted by atomic mass is 10.1. The number of nitro groups is 1. The number of carbonyl (C=O) groups is 2. The van der Waals surface area contributed by atoms with Crippen molar-refractivity contribution in [2.24, 2.45) is 5.92 Å². The summed E-state index contributed by atoms with van der Waals surface area (Å²) in [6.07, 6.45) is 6.68. The van der Waals surface area contributed by atoms with E-state index < -0.39 is 11.1 Å². The molecule has 1 N–H and O–H groups in total. The molecule has 2 aromatic rings. The van der Waals surface area contributed by atoms with Crippen molar-refractivity contribution in [1.82, 2.24) is 5.32 Å². The SMILES string of the molecule is CC(C)/C=C/CCCCC(=O)NCc1ccc(OC(=O)Oc2ccc([N+](=O)[O-])cc2)cc1. The molecule has 0 aliphatic carbocycles. The molecular weight excluding hydrogens is 412 g/mol. The van der Waals surface area contributed by atoms with Gasteiger partial charge < -0.3 is 14.8 Å². The van der Waals surface area contributed by atoms with Gasteiger partial charge in [-0.15, -0.1) is 0 Å². The van der Waals surface area contributed by atoms with E-state index in [0.717, 1.165) is 24.8 Å². The van der Waals surface area contributed by atoms with E-state index in [4.69, 9.17) is 9.47 Å². The molecule has 0 heterocycles. The first-order chi connectivity index (χ1) is 15.3. The van der Waals surface area contributed by atoms with Crippen molar-refractivity contribution in [2.45, 2.75) is 46.1 Å². The Hall–Kier alpha value is -3.68. The fourth-order valence-corrected chi connectivity index (χ4v) is 2.73. The number of nitrogens with one attached hydrogen (secondary N) is 1. The average molecular weight is 440 g/mol. The Morgan fingerprint density at radius 3 is 2.16 bits per heavy atom. The van der Waals surface area contributed by atoms with Gasteiger partial charge in [-0.25, -0.2) is 4.79 Å². The van der Waals surface area contributed by atoms with E-state index in [1.807, 2.05) is 0 Å². The summed E-state index contributed by atoms with van der Waals surface area (Å²) in [6.45, 7) is 4.66. The summed E-state index contributed by atoms with van der Waals surface area (Å²) < 4.78 is 10.1. The van der Waals surface area contributed by atoms with Gasteiger partial charge in [-0.05, 0) is 55.0 Å². The summed E-state index contributed by atoms with van der Waals surface area (Å²) in [7, 11) is 0. The Labute approximate surface area is 187 Å². The first-order valence-electron chi connectivity index (χ1n) is 10.5. The van der Waals surface area contributed by atoms with Gasteiger partial charge in [-0.1, -0.05) is 38.1 Å². The van der Waals surface area contributed by atoms with Gasteiger partial charge in [0, 0.05) is 25.1 Å². The summed E-state index contributed by atoms with van der Waals surface area (Å²) in [6, 6.07) is 11.8. The molecule has 0 unspecified atom stereocenters. The fourth-order valence-electron chi connectivity index (χ4n) is 2.73. The standard InChI is InChI=1S/C24H28N2O6/c1-18(2)7-5-3-4-6-8-23(27)25-17-19-9-13-21(14-10-19)31-24(28)32-22-15-11-20(12-16-22)26(29)30/h5,7,9-16,18H,3-4,6,8,17H2,1-2H3,(H,25,27)/b7-5+. The second kappa shape index (κ2) is 12.9. The molecule has 0 spiro atoms. The lowest BCUT2D eigenvalue weighted by molar-refractivity contribution is -0.384. The van der Waals surface area contributed by atoms with Crippen LogP contribution in [-0.2, 0) is 11.3 Å². The second-order valence-electron chi connectivity index (χ2n) is 7.54. The Morgan fingerprint density at radius 2 is 1.59 bits per heavy atom.